The normalized spacial score (nSPS) is 12.4. The van der Waals surface area contributed by atoms with Crippen LogP contribution in [-0.4, -0.2) is 28.6 Å². The van der Waals surface area contributed by atoms with Gasteiger partial charge in [-0.3, -0.25) is 0 Å². The van der Waals surface area contributed by atoms with Crippen LogP contribution < -0.4 is 15.2 Å². The monoisotopic (exact) mass is 469 g/mol. The number of halogens is 2. The highest BCUT2D eigenvalue weighted by Crippen LogP contribution is 2.29. The van der Waals surface area contributed by atoms with Gasteiger partial charge in [0, 0.05) is 25.3 Å². The zero-order chi connectivity index (χ0) is 24.3. The molecule has 1 unspecified atom stereocenters. The van der Waals surface area contributed by atoms with E-state index in [2.05, 4.69) is 9.97 Å². The molecule has 0 fully saturated rings. The highest BCUT2D eigenvalue weighted by molar-refractivity contribution is 5.77. The van der Waals surface area contributed by atoms with Crippen molar-refractivity contribution >= 4 is 17.2 Å². The first-order valence-electron chi connectivity index (χ1n) is 10.3. The number of oxazole rings is 1. The van der Waals surface area contributed by atoms with Crippen LogP contribution in [0.25, 0.3) is 22.6 Å². The number of hydrogen-bond acceptors (Lipinski definition) is 7. The summed E-state index contributed by atoms with van der Waals surface area (Å²) in [5.74, 6) is -1.64. The summed E-state index contributed by atoms with van der Waals surface area (Å²) in [5, 5.41) is 0. The van der Waals surface area contributed by atoms with E-state index in [4.69, 9.17) is 24.4 Å². The Morgan fingerprint density at radius 1 is 1.15 bits per heavy atom. The van der Waals surface area contributed by atoms with Crippen LogP contribution in [0.2, 0.25) is 0 Å². The maximum Gasteiger partial charge on any atom is 0.405 e. The lowest BCUT2D eigenvalue weighted by atomic mass is 10.1. The largest absolute Gasteiger partial charge is 0.487 e. The number of carbonyl (C=O) groups is 1. The van der Waals surface area contributed by atoms with Crippen molar-refractivity contribution < 1.29 is 32.2 Å². The number of hydrogen-bond donors (Lipinski definition) is 1. The van der Waals surface area contributed by atoms with Crippen molar-refractivity contribution in [3.05, 3.63) is 66.4 Å². The number of nitrogens with zero attached hydrogens (tertiary/aromatic N) is 2. The highest BCUT2D eigenvalue weighted by Gasteiger charge is 2.22. The van der Waals surface area contributed by atoms with Gasteiger partial charge in [-0.25, -0.2) is 23.5 Å². The van der Waals surface area contributed by atoms with Crippen LogP contribution in [0.3, 0.4) is 0 Å². The summed E-state index contributed by atoms with van der Waals surface area (Å²) in [5.41, 5.74) is 7.55. The molecule has 10 heteroatoms. The molecule has 2 aromatic heterocycles. The van der Waals surface area contributed by atoms with Gasteiger partial charge in [0.05, 0.1) is 5.56 Å². The second-order valence-electron chi connectivity index (χ2n) is 7.65. The Labute approximate surface area is 193 Å². The van der Waals surface area contributed by atoms with E-state index in [1.807, 2.05) is 0 Å². The molecule has 1 atom stereocenters. The van der Waals surface area contributed by atoms with Crippen LogP contribution in [0, 0.1) is 0 Å². The van der Waals surface area contributed by atoms with Gasteiger partial charge in [0.2, 0.25) is 11.8 Å². The van der Waals surface area contributed by atoms with Crippen molar-refractivity contribution in [3.8, 4) is 28.8 Å². The van der Waals surface area contributed by atoms with Crippen molar-refractivity contribution in [1.82, 2.24) is 9.97 Å². The van der Waals surface area contributed by atoms with Crippen LogP contribution in [0.15, 0.2) is 65.2 Å². The number of rotatable bonds is 8. The average molecular weight is 469 g/mol. The van der Waals surface area contributed by atoms with Crippen molar-refractivity contribution in [2.75, 3.05) is 6.61 Å². The van der Waals surface area contributed by atoms with E-state index in [-0.39, 0.29) is 11.6 Å². The molecule has 0 aliphatic rings. The highest BCUT2D eigenvalue weighted by atomic mass is 19.3. The summed E-state index contributed by atoms with van der Waals surface area (Å²) in [6.07, 6.45) is 0.148. The van der Waals surface area contributed by atoms with Gasteiger partial charge in [-0.2, -0.15) is 0 Å². The molecule has 8 nitrogen and oxygen atoms in total. The summed E-state index contributed by atoms with van der Waals surface area (Å²) < 4.78 is 47.6. The number of pyridine rings is 1. The zero-order valence-corrected chi connectivity index (χ0v) is 18.3. The van der Waals surface area contributed by atoms with Crippen LogP contribution in [0.1, 0.15) is 25.5 Å². The number of alkyl halides is 2. The Balaban J connectivity index is 1.47. The van der Waals surface area contributed by atoms with Gasteiger partial charge >= 0.3 is 6.09 Å². The van der Waals surface area contributed by atoms with Gasteiger partial charge < -0.3 is 24.4 Å². The molecule has 2 aromatic carbocycles. The van der Waals surface area contributed by atoms with Crippen molar-refractivity contribution in [3.63, 3.8) is 0 Å². The third-order valence-corrected chi connectivity index (χ3v) is 4.68. The fraction of sp³-hybridized carbons (Fsp3) is 0.208. The molecule has 0 saturated carbocycles. The summed E-state index contributed by atoms with van der Waals surface area (Å²) in [6.45, 7) is 1.76. The number of amides is 1. The van der Waals surface area contributed by atoms with E-state index in [0.29, 0.717) is 33.9 Å². The first kappa shape index (κ1) is 23.0. The molecule has 0 aliphatic heterocycles. The maximum atomic E-state index is 13.0. The first-order chi connectivity index (χ1) is 16.2. The number of nitrogens with two attached hydrogens (primary N) is 1. The van der Waals surface area contributed by atoms with Gasteiger partial charge in [0.25, 0.3) is 5.92 Å². The molecule has 4 rings (SSSR count). The van der Waals surface area contributed by atoms with Crippen LogP contribution >= 0.6 is 0 Å². The molecule has 0 aliphatic carbocycles. The van der Waals surface area contributed by atoms with Crippen LogP contribution in [-0.2, 0) is 4.74 Å². The zero-order valence-electron chi connectivity index (χ0n) is 18.3. The summed E-state index contributed by atoms with van der Waals surface area (Å²) >= 11 is 0. The molecule has 0 bridgehead atoms. The smallest absolute Gasteiger partial charge is 0.405 e. The second kappa shape index (κ2) is 9.34. The molecule has 34 heavy (non-hydrogen) atoms. The summed E-state index contributed by atoms with van der Waals surface area (Å²) in [6, 6.07) is 15.0. The number of fused-ring (bicyclic) bond motifs is 1. The minimum Gasteiger partial charge on any atom is -0.487 e. The van der Waals surface area contributed by atoms with Crippen molar-refractivity contribution in [2.24, 2.45) is 5.73 Å². The minimum atomic E-state index is -2.93. The quantitative estimate of drug-likeness (QED) is 0.343. The lowest BCUT2D eigenvalue weighted by molar-refractivity contribution is -0.0230. The van der Waals surface area contributed by atoms with Crippen molar-refractivity contribution in [1.29, 1.82) is 0 Å². The molecule has 176 valence electrons. The van der Waals surface area contributed by atoms with E-state index < -0.39 is 24.7 Å². The molecular weight excluding hydrogens is 448 g/mol. The molecule has 0 saturated heterocycles. The fourth-order valence-electron chi connectivity index (χ4n) is 3.09. The van der Waals surface area contributed by atoms with E-state index >= 15 is 0 Å². The number of benzene rings is 2. The van der Waals surface area contributed by atoms with Gasteiger partial charge in [-0.1, -0.05) is 12.1 Å². The van der Waals surface area contributed by atoms with Gasteiger partial charge in [0.15, 0.2) is 12.2 Å². The third-order valence-electron chi connectivity index (χ3n) is 4.68. The molecule has 0 spiro atoms. The minimum absolute atomic E-state index is 0.261. The fourth-order valence-corrected chi connectivity index (χ4v) is 3.09. The van der Waals surface area contributed by atoms with Gasteiger partial charge in [-0.15, -0.1) is 0 Å². The lowest BCUT2D eigenvalue weighted by Crippen LogP contribution is -2.20. The predicted octanol–water partition coefficient (Wildman–Crippen LogP) is 5.87. The van der Waals surface area contributed by atoms with Gasteiger partial charge in [0.1, 0.15) is 23.1 Å². The summed E-state index contributed by atoms with van der Waals surface area (Å²) in [7, 11) is 0. The average Bonchev–Trinajstić information content (AvgIpc) is 3.21. The Kier molecular flexibility index (Phi) is 6.31. The Morgan fingerprint density at radius 2 is 1.94 bits per heavy atom. The van der Waals surface area contributed by atoms with Crippen molar-refractivity contribution in [2.45, 2.75) is 25.9 Å². The van der Waals surface area contributed by atoms with E-state index in [0.717, 1.165) is 6.92 Å². The lowest BCUT2D eigenvalue weighted by Gasteiger charge is -2.12. The Hall–Kier alpha value is -4.21. The molecule has 2 N–H and O–H groups in total. The maximum absolute atomic E-state index is 13.0. The standard InChI is InChI=1S/C24H21F2N3O5/c1-14(32-23(27)30)15-6-8-19-20(10-15)34-22(29-19)16-7-9-21(28-12-16)33-18-5-3-4-17(11-18)31-13-24(2,25)26/h3-12,14H,13H2,1-2H3,(H2,27,30). The second-order valence-corrected chi connectivity index (χ2v) is 7.65. The first-order valence-corrected chi connectivity index (χ1v) is 10.3. The number of primary amides is 1. The molecule has 1 amide bonds. The van der Waals surface area contributed by atoms with E-state index in [1.165, 1.54) is 12.3 Å². The Morgan fingerprint density at radius 3 is 2.65 bits per heavy atom. The van der Waals surface area contributed by atoms with E-state index in [9.17, 15) is 13.6 Å². The van der Waals surface area contributed by atoms with Crippen LogP contribution in [0.5, 0.6) is 17.4 Å². The topological polar surface area (TPSA) is 110 Å². The van der Waals surface area contributed by atoms with Crippen LogP contribution in [0.4, 0.5) is 13.6 Å². The van der Waals surface area contributed by atoms with E-state index in [1.54, 1.807) is 55.5 Å². The number of ether oxygens (including phenoxy) is 3. The molecule has 0 radical (unpaired) electrons. The molecule has 4 aromatic rings. The molecule has 2 heterocycles. The third kappa shape index (κ3) is 5.77. The van der Waals surface area contributed by atoms with Gasteiger partial charge in [-0.05, 0) is 42.8 Å². The summed E-state index contributed by atoms with van der Waals surface area (Å²) in [4.78, 5) is 19.7. The SMILES string of the molecule is CC(OC(N)=O)c1ccc2nc(-c3ccc(Oc4cccc(OCC(C)(F)F)c4)nc3)oc2c1. The number of carbonyl (C=O) groups excluding carboxylic acids is 1. The number of aromatic nitrogens is 2. The Bertz CT molecular complexity index is 1300. The molecular formula is C24H21F2N3O5. The predicted molar refractivity (Wildman–Crippen MR) is 119 cm³/mol.